The first kappa shape index (κ1) is 8.96. The van der Waals surface area contributed by atoms with Gasteiger partial charge in [0, 0.05) is 0 Å². The second-order valence-electron chi connectivity index (χ2n) is 2.07. The van der Waals surface area contributed by atoms with Crippen molar-refractivity contribution in [2.75, 3.05) is 6.61 Å². The number of hydrogen-bond donors (Lipinski definition) is 0. The van der Waals surface area contributed by atoms with Crippen LogP contribution in [0.2, 0.25) is 5.02 Å². The van der Waals surface area contributed by atoms with Crippen LogP contribution >= 0.6 is 11.6 Å². The highest BCUT2D eigenvalue weighted by Crippen LogP contribution is 2.22. The average Bonchev–Trinajstić information content (AvgIpc) is 2.09. The molecule has 0 heterocycles. The molecule has 0 aliphatic carbocycles. The lowest BCUT2D eigenvalue weighted by atomic mass is 10.3. The predicted molar refractivity (Wildman–Crippen MR) is 49.2 cm³/mol. The van der Waals surface area contributed by atoms with E-state index in [4.69, 9.17) is 16.3 Å². The molecule has 0 aliphatic rings. The Morgan fingerprint density at radius 1 is 1.67 bits per heavy atom. The number of halogens is 1. The minimum atomic E-state index is 0.369. The third kappa shape index (κ3) is 2.48. The third-order valence-electron chi connectivity index (χ3n) is 1.25. The van der Waals surface area contributed by atoms with Crippen molar-refractivity contribution in [3.8, 4) is 17.6 Å². The van der Waals surface area contributed by atoms with Crippen LogP contribution in [0.25, 0.3) is 0 Å². The van der Waals surface area contributed by atoms with E-state index in [0.717, 1.165) is 0 Å². The van der Waals surface area contributed by atoms with E-state index in [1.54, 1.807) is 25.1 Å². The normalized spacial score (nSPS) is 8.50. The molecule has 61 valence electrons. The van der Waals surface area contributed by atoms with Crippen molar-refractivity contribution in [2.24, 2.45) is 0 Å². The Bertz CT molecular complexity index is 309. The van der Waals surface area contributed by atoms with Gasteiger partial charge in [-0.05, 0) is 25.1 Å². The highest BCUT2D eigenvalue weighted by Gasteiger charge is 1.96. The lowest BCUT2D eigenvalue weighted by molar-refractivity contribution is 0.370. The minimum absolute atomic E-state index is 0.369. The van der Waals surface area contributed by atoms with Gasteiger partial charge < -0.3 is 4.74 Å². The summed E-state index contributed by atoms with van der Waals surface area (Å²) in [5, 5.41) is 0.589. The molecule has 1 rings (SSSR count). The molecular formula is C10H8ClO. The molecule has 0 saturated heterocycles. The van der Waals surface area contributed by atoms with Gasteiger partial charge in [0.05, 0.1) is 5.02 Å². The van der Waals surface area contributed by atoms with Crippen LogP contribution in [-0.4, -0.2) is 6.61 Å². The van der Waals surface area contributed by atoms with E-state index in [0.29, 0.717) is 17.4 Å². The molecule has 0 fully saturated rings. The van der Waals surface area contributed by atoms with Crippen LogP contribution in [0.15, 0.2) is 18.2 Å². The number of benzene rings is 1. The Kier molecular flexibility index (Phi) is 3.50. The van der Waals surface area contributed by atoms with Crippen molar-refractivity contribution in [1.29, 1.82) is 0 Å². The molecule has 0 unspecified atom stereocenters. The first-order chi connectivity index (χ1) is 5.84. The Morgan fingerprint density at radius 3 is 3.17 bits per heavy atom. The number of rotatable bonds is 2. The zero-order chi connectivity index (χ0) is 8.81. The van der Waals surface area contributed by atoms with E-state index >= 15 is 0 Å². The van der Waals surface area contributed by atoms with Gasteiger partial charge in [-0.2, -0.15) is 0 Å². The maximum Gasteiger partial charge on any atom is 0.149 e. The molecule has 0 atom stereocenters. The summed E-state index contributed by atoms with van der Waals surface area (Å²) in [6.45, 7) is 2.14. The Morgan fingerprint density at radius 2 is 2.50 bits per heavy atom. The molecule has 1 aromatic carbocycles. The Hall–Kier alpha value is -1.13. The zero-order valence-corrected chi connectivity index (χ0v) is 7.48. The molecule has 0 aliphatic heterocycles. The summed E-state index contributed by atoms with van der Waals surface area (Å²) in [4.78, 5) is 0. The Labute approximate surface area is 77.3 Å². The molecule has 0 amide bonds. The smallest absolute Gasteiger partial charge is 0.149 e. The fourth-order valence-corrected chi connectivity index (χ4v) is 0.865. The van der Waals surface area contributed by atoms with Crippen molar-refractivity contribution >= 4 is 11.6 Å². The topological polar surface area (TPSA) is 9.23 Å². The van der Waals surface area contributed by atoms with Gasteiger partial charge in [-0.3, -0.25) is 0 Å². The predicted octanol–water partition coefficient (Wildman–Crippen LogP) is 2.54. The molecule has 1 aromatic rings. The highest BCUT2D eigenvalue weighted by molar-refractivity contribution is 6.32. The Balaban J connectivity index is 2.61. The molecular weight excluding hydrogens is 172 g/mol. The van der Waals surface area contributed by atoms with Gasteiger partial charge in [-0.1, -0.05) is 23.6 Å². The molecule has 0 spiro atoms. The van der Waals surface area contributed by atoms with Crippen LogP contribution < -0.4 is 4.74 Å². The maximum absolute atomic E-state index is 5.81. The molecule has 0 bridgehead atoms. The lowest BCUT2D eigenvalue weighted by Gasteiger charge is -2.02. The standard InChI is InChI=1S/C10H8ClO/c1-2-3-8-12-10-7-5-4-6-9(10)11/h4,6-7H,8H2,1H3. The van der Waals surface area contributed by atoms with Crippen LogP contribution in [0.5, 0.6) is 5.75 Å². The zero-order valence-electron chi connectivity index (χ0n) is 6.73. The van der Waals surface area contributed by atoms with E-state index in [2.05, 4.69) is 17.9 Å². The van der Waals surface area contributed by atoms with Gasteiger partial charge in [0.25, 0.3) is 0 Å². The van der Waals surface area contributed by atoms with E-state index in [1.165, 1.54) is 0 Å². The second-order valence-corrected chi connectivity index (χ2v) is 2.48. The number of ether oxygens (including phenoxy) is 1. The summed E-state index contributed by atoms with van der Waals surface area (Å²) in [6, 6.07) is 8.03. The first-order valence-electron chi connectivity index (χ1n) is 3.52. The van der Waals surface area contributed by atoms with Gasteiger partial charge in [0.1, 0.15) is 12.4 Å². The summed E-state index contributed by atoms with van der Waals surface area (Å²) in [5.41, 5.74) is 0. The van der Waals surface area contributed by atoms with Gasteiger partial charge in [0.15, 0.2) is 0 Å². The van der Waals surface area contributed by atoms with E-state index in [-0.39, 0.29) is 0 Å². The monoisotopic (exact) mass is 179 g/mol. The minimum Gasteiger partial charge on any atom is -0.479 e. The van der Waals surface area contributed by atoms with Gasteiger partial charge in [-0.25, -0.2) is 0 Å². The summed E-state index contributed by atoms with van der Waals surface area (Å²) < 4.78 is 5.24. The fraction of sp³-hybridized carbons (Fsp3) is 0.200. The fourth-order valence-electron chi connectivity index (χ4n) is 0.693. The summed E-state index contributed by atoms with van der Waals surface area (Å²) in [5.74, 6) is 6.14. The van der Waals surface area contributed by atoms with Crippen LogP contribution in [0, 0.1) is 17.9 Å². The molecule has 0 N–H and O–H groups in total. The SMILES string of the molecule is CC#CCOc1c[c]ccc1Cl. The third-order valence-corrected chi connectivity index (χ3v) is 1.56. The summed E-state index contributed by atoms with van der Waals surface area (Å²) >= 11 is 5.81. The first-order valence-corrected chi connectivity index (χ1v) is 3.90. The average molecular weight is 180 g/mol. The highest BCUT2D eigenvalue weighted by atomic mass is 35.5. The van der Waals surface area contributed by atoms with Gasteiger partial charge in [0.2, 0.25) is 0 Å². The second kappa shape index (κ2) is 4.69. The van der Waals surface area contributed by atoms with Crippen molar-refractivity contribution in [3.05, 3.63) is 29.3 Å². The molecule has 0 aromatic heterocycles. The molecule has 1 nitrogen and oxygen atoms in total. The van der Waals surface area contributed by atoms with Crippen LogP contribution in [0.1, 0.15) is 6.92 Å². The largest absolute Gasteiger partial charge is 0.479 e. The van der Waals surface area contributed by atoms with E-state index in [9.17, 15) is 0 Å². The summed E-state index contributed by atoms with van der Waals surface area (Å²) in [7, 11) is 0. The molecule has 12 heavy (non-hydrogen) atoms. The number of hydrogen-bond acceptors (Lipinski definition) is 1. The van der Waals surface area contributed by atoms with Crippen molar-refractivity contribution in [2.45, 2.75) is 6.92 Å². The van der Waals surface area contributed by atoms with Crippen LogP contribution in [0.3, 0.4) is 0 Å². The van der Waals surface area contributed by atoms with Crippen molar-refractivity contribution < 1.29 is 4.74 Å². The summed E-state index contributed by atoms with van der Waals surface area (Å²) in [6.07, 6.45) is 0. The van der Waals surface area contributed by atoms with E-state index < -0.39 is 0 Å². The van der Waals surface area contributed by atoms with E-state index in [1.807, 2.05) is 0 Å². The van der Waals surface area contributed by atoms with Gasteiger partial charge >= 0.3 is 0 Å². The van der Waals surface area contributed by atoms with Crippen molar-refractivity contribution in [1.82, 2.24) is 0 Å². The van der Waals surface area contributed by atoms with Gasteiger partial charge in [-0.15, -0.1) is 5.92 Å². The molecule has 0 saturated carbocycles. The molecule has 2 heteroatoms. The van der Waals surface area contributed by atoms with Crippen molar-refractivity contribution in [3.63, 3.8) is 0 Å². The molecule has 1 radical (unpaired) electrons. The quantitative estimate of drug-likeness (QED) is 0.634. The lowest BCUT2D eigenvalue weighted by Crippen LogP contribution is -1.93. The maximum atomic E-state index is 5.81. The van der Waals surface area contributed by atoms with Crippen LogP contribution in [0.4, 0.5) is 0 Å². The van der Waals surface area contributed by atoms with Crippen LogP contribution in [-0.2, 0) is 0 Å².